The normalized spacial score (nSPS) is 20.3. The summed E-state index contributed by atoms with van der Waals surface area (Å²) in [6.07, 6.45) is 6.27. The van der Waals surface area contributed by atoms with Crippen LogP contribution in [0.2, 0.25) is 0 Å². The highest BCUT2D eigenvalue weighted by Gasteiger charge is 2.29. The molecule has 1 unspecified atom stereocenters. The van der Waals surface area contributed by atoms with E-state index >= 15 is 0 Å². The van der Waals surface area contributed by atoms with Crippen LogP contribution in [0.4, 0.5) is 10.2 Å². The number of halogens is 1. The van der Waals surface area contributed by atoms with Crippen molar-refractivity contribution in [2.75, 3.05) is 18.0 Å². The van der Waals surface area contributed by atoms with Crippen molar-refractivity contribution in [3.05, 3.63) is 52.6 Å². The second-order valence-electron chi connectivity index (χ2n) is 7.70. The third kappa shape index (κ3) is 4.08. The van der Waals surface area contributed by atoms with Crippen LogP contribution in [0.1, 0.15) is 38.5 Å². The number of benzene rings is 1. The zero-order valence-electron chi connectivity index (χ0n) is 15.8. The molecule has 1 aliphatic heterocycles. The van der Waals surface area contributed by atoms with Crippen molar-refractivity contribution in [2.45, 2.75) is 44.6 Å². The molecule has 4 rings (SSSR count). The highest BCUT2D eigenvalue weighted by Crippen LogP contribution is 2.23. The van der Waals surface area contributed by atoms with Crippen LogP contribution in [0.25, 0.3) is 5.69 Å². The first-order valence-corrected chi connectivity index (χ1v) is 10.0. The van der Waals surface area contributed by atoms with Gasteiger partial charge in [-0.3, -0.25) is 9.59 Å². The number of nitrogens with one attached hydrogen (secondary N) is 1. The largest absolute Gasteiger partial charge is 0.354 e. The predicted molar refractivity (Wildman–Crippen MR) is 105 cm³/mol. The quantitative estimate of drug-likeness (QED) is 0.880. The molecule has 7 heteroatoms. The summed E-state index contributed by atoms with van der Waals surface area (Å²) in [4.78, 5) is 26.9. The van der Waals surface area contributed by atoms with E-state index in [4.69, 9.17) is 0 Å². The Morgan fingerprint density at radius 3 is 2.71 bits per heavy atom. The van der Waals surface area contributed by atoms with Gasteiger partial charge in [0.15, 0.2) is 0 Å². The molecule has 1 aliphatic carbocycles. The summed E-state index contributed by atoms with van der Waals surface area (Å²) >= 11 is 0. The van der Waals surface area contributed by atoms with Crippen molar-refractivity contribution < 1.29 is 9.18 Å². The summed E-state index contributed by atoms with van der Waals surface area (Å²) in [6.45, 7) is 1.36. The molecule has 6 nitrogen and oxygen atoms in total. The van der Waals surface area contributed by atoms with Gasteiger partial charge in [-0.25, -0.2) is 4.39 Å². The van der Waals surface area contributed by atoms with Crippen LogP contribution in [0.15, 0.2) is 41.2 Å². The minimum absolute atomic E-state index is 0.0781. The van der Waals surface area contributed by atoms with E-state index in [9.17, 15) is 14.0 Å². The summed E-state index contributed by atoms with van der Waals surface area (Å²) in [5.74, 6) is 0.251. The van der Waals surface area contributed by atoms with Gasteiger partial charge in [0.1, 0.15) is 11.6 Å². The number of hydrogen-bond acceptors (Lipinski definition) is 4. The van der Waals surface area contributed by atoms with E-state index in [-0.39, 0.29) is 17.4 Å². The standard InChI is InChI=1S/C21H25FN4O2/c22-16-6-3-9-18(13-16)26-20(27)11-10-19(24-26)25-12-4-5-15(14-25)21(28)23-17-7-1-2-8-17/h3,6,9-11,13,15,17H,1-2,4-5,7-8,12,14H2,(H,23,28). The number of hydrogen-bond donors (Lipinski definition) is 1. The van der Waals surface area contributed by atoms with E-state index < -0.39 is 5.82 Å². The predicted octanol–water partition coefficient (Wildman–Crippen LogP) is 2.65. The van der Waals surface area contributed by atoms with Gasteiger partial charge in [0, 0.05) is 25.2 Å². The summed E-state index contributed by atoms with van der Waals surface area (Å²) in [5, 5.41) is 7.63. The van der Waals surface area contributed by atoms with Crippen molar-refractivity contribution in [1.29, 1.82) is 0 Å². The Kier molecular flexibility index (Phi) is 5.41. The fourth-order valence-electron chi connectivity index (χ4n) is 4.15. The first-order valence-electron chi connectivity index (χ1n) is 10.0. The number of amides is 1. The highest BCUT2D eigenvalue weighted by atomic mass is 19.1. The second kappa shape index (κ2) is 8.12. The summed E-state index contributed by atoms with van der Waals surface area (Å²) in [7, 11) is 0. The Bertz CT molecular complexity index is 907. The van der Waals surface area contributed by atoms with E-state index in [2.05, 4.69) is 10.4 Å². The molecule has 1 amide bonds. The lowest BCUT2D eigenvalue weighted by Crippen LogP contribution is -2.46. The first-order chi connectivity index (χ1) is 13.6. The second-order valence-corrected chi connectivity index (χ2v) is 7.70. The molecule has 0 radical (unpaired) electrons. The molecule has 1 aromatic heterocycles. The van der Waals surface area contributed by atoms with Crippen LogP contribution >= 0.6 is 0 Å². The monoisotopic (exact) mass is 384 g/mol. The van der Waals surface area contributed by atoms with Gasteiger partial charge >= 0.3 is 0 Å². The number of piperidine rings is 1. The van der Waals surface area contributed by atoms with Gasteiger partial charge in [-0.1, -0.05) is 18.9 Å². The molecule has 2 aliphatic rings. The summed E-state index contributed by atoms with van der Waals surface area (Å²) in [5.41, 5.74) is 0.0706. The maximum Gasteiger partial charge on any atom is 0.271 e. The van der Waals surface area contributed by atoms with E-state index in [1.165, 1.54) is 35.7 Å². The maximum absolute atomic E-state index is 13.5. The molecule has 2 fully saturated rings. The van der Waals surface area contributed by atoms with Gasteiger partial charge in [-0.15, -0.1) is 5.10 Å². The summed E-state index contributed by atoms with van der Waals surface area (Å²) < 4.78 is 14.8. The van der Waals surface area contributed by atoms with Gasteiger partial charge in [0.25, 0.3) is 5.56 Å². The lowest BCUT2D eigenvalue weighted by atomic mass is 9.96. The molecule has 1 N–H and O–H groups in total. The van der Waals surface area contributed by atoms with Crippen molar-refractivity contribution in [3.63, 3.8) is 0 Å². The van der Waals surface area contributed by atoms with E-state index in [0.29, 0.717) is 24.1 Å². The van der Waals surface area contributed by atoms with Crippen molar-refractivity contribution in [3.8, 4) is 5.69 Å². The van der Waals surface area contributed by atoms with Gasteiger partial charge in [0.2, 0.25) is 5.91 Å². The molecule has 1 saturated carbocycles. The van der Waals surface area contributed by atoms with Gasteiger partial charge in [0.05, 0.1) is 11.6 Å². The molecule has 148 valence electrons. The molecule has 2 aromatic rings. The minimum atomic E-state index is -0.418. The number of nitrogens with zero attached hydrogens (tertiary/aromatic N) is 3. The molecule has 28 heavy (non-hydrogen) atoms. The third-order valence-corrected chi connectivity index (χ3v) is 5.66. The van der Waals surface area contributed by atoms with Crippen LogP contribution in [0.3, 0.4) is 0 Å². The molecule has 0 spiro atoms. The van der Waals surface area contributed by atoms with E-state index in [1.807, 2.05) is 4.90 Å². The Labute approximate surface area is 163 Å². The van der Waals surface area contributed by atoms with Gasteiger partial charge < -0.3 is 10.2 Å². The number of rotatable bonds is 4. The number of aromatic nitrogens is 2. The van der Waals surface area contributed by atoms with Crippen molar-refractivity contribution in [2.24, 2.45) is 5.92 Å². The number of carbonyl (C=O) groups excluding carboxylic acids is 1. The van der Waals surface area contributed by atoms with Crippen molar-refractivity contribution >= 4 is 11.7 Å². The Balaban J connectivity index is 1.51. The Morgan fingerprint density at radius 1 is 1.11 bits per heavy atom. The smallest absolute Gasteiger partial charge is 0.271 e. The van der Waals surface area contributed by atoms with Crippen LogP contribution < -0.4 is 15.8 Å². The molecule has 1 atom stereocenters. The van der Waals surface area contributed by atoms with Gasteiger partial charge in [-0.05, 0) is 49.9 Å². The molecular weight excluding hydrogens is 359 g/mol. The zero-order valence-corrected chi connectivity index (χ0v) is 15.8. The fourth-order valence-corrected chi connectivity index (χ4v) is 4.15. The highest BCUT2D eigenvalue weighted by molar-refractivity contribution is 5.79. The minimum Gasteiger partial charge on any atom is -0.354 e. The van der Waals surface area contributed by atoms with E-state index in [0.717, 1.165) is 32.2 Å². The molecule has 0 bridgehead atoms. The zero-order chi connectivity index (χ0) is 19.5. The fraction of sp³-hybridized carbons (Fsp3) is 0.476. The van der Waals surface area contributed by atoms with E-state index in [1.54, 1.807) is 18.2 Å². The topological polar surface area (TPSA) is 67.2 Å². The van der Waals surface area contributed by atoms with Crippen LogP contribution in [0.5, 0.6) is 0 Å². The summed E-state index contributed by atoms with van der Waals surface area (Å²) in [6, 6.07) is 9.24. The van der Waals surface area contributed by atoms with Gasteiger partial charge in [-0.2, -0.15) is 4.68 Å². The molecule has 1 aromatic carbocycles. The van der Waals surface area contributed by atoms with Crippen LogP contribution in [-0.2, 0) is 4.79 Å². The lowest BCUT2D eigenvalue weighted by Gasteiger charge is -2.33. The average molecular weight is 384 g/mol. The molecular formula is C21H25FN4O2. The lowest BCUT2D eigenvalue weighted by molar-refractivity contribution is -0.125. The average Bonchev–Trinajstić information content (AvgIpc) is 3.21. The third-order valence-electron chi connectivity index (χ3n) is 5.66. The van der Waals surface area contributed by atoms with Crippen molar-refractivity contribution in [1.82, 2.24) is 15.1 Å². The molecule has 1 saturated heterocycles. The van der Waals surface area contributed by atoms with Crippen LogP contribution in [-0.4, -0.2) is 34.8 Å². The Morgan fingerprint density at radius 2 is 1.93 bits per heavy atom. The number of anilines is 1. The maximum atomic E-state index is 13.5. The molecule has 2 heterocycles. The first kappa shape index (κ1) is 18.7. The number of carbonyl (C=O) groups is 1. The van der Waals surface area contributed by atoms with Crippen LogP contribution in [0, 0.1) is 11.7 Å². The Hall–Kier alpha value is -2.70. The SMILES string of the molecule is O=C(NC1CCCC1)C1CCCN(c2ccc(=O)n(-c3cccc(F)c3)n2)C1.